The Morgan fingerprint density at radius 2 is 1.79 bits per heavy atom. The molecule has 0 aliphatic carbocycles. The maximum absolute atomic E-state index is 11.2. The number of hydrogen-bond donors (Lipinski definition) is 0. The van der Waals surface area contributed by atoms with Crippen molar-refractivity contribution in [1.82, 2.24) is 9.80 Å². The molecular weight excluding hydrogens is 306 g/mol. The van der Waals surface area contributed by atoms with Crippen LogP contribution >= 0.6 is 0 Å². The fourth-order valence-corrected chi connectivity index (χ4v) is 4.02. The number of benzene rings is 1. The van der Waals surface area contributed by atoms with Gasteiger partial charge in [0.1, 0.15) is 0 Å². The molecule has 0 unspecified atom stereocenters. The topological polar surface area (TPSA) is 58.9 Å². The number of rotatable bonds is 4. The molecule has 2 saturated heterocycles. The number of piperidine rings is 1. The first-order valence-electron chi connectivity index (χ1n) is 8.87. The molecule has 0 radical (unpaired) electrons. The molecule has 1 aromatic carbocycles. The largest absolute Gasteiger partial charge is 0.373 e. The van der Waals surface area contributed by atoms with Gasteiger partial charge >= 0.3 is 0 Å². The van der Waals surface area contributed by atoms with Crippen molar-refractivity contribution in [3.05, 3.63) is 39.9 Å². The second-order valence-electron chi connectivity index (χ2n) is 7.10. The van der Waals surface area contributed by atoms with Crippen LogP contribution in [0.4, 0.5) is 5.69 Å². The van der Waals surface area contributed by atoms with Crippen LogP contribution in [0, 0.1) is 10.1 Å². The van der Waals surface area contributed by atoms with Crippen LogP contribution in [0.5, 0.6) is 0 Å². The van der Waals surface area contributed by atoms with E-state index in [2.05, 4.69) is 23.6 Å². The molecule has 2 aliphatic rings. The lowest BCUT2D eigenvalue weighted by Crippen LogP contribution is -2.53. The lowest BCUT2D eigenvalue weighted by Gasteiger charge is -2.43. The summed E-state index contributed by atoms with van der Waals surface area (Å²) in [6.45, 7) is 8.98. The monoisotopic (exact) mass is 333 g/mol. The summed E-state index contributed by atoms with van der Waals surface area (Å²) in [6.07, 6.45) is 2.86. The van der Waals surface area contributed by atoms with Crippen molar-refractivity contribution in [3.8, 4) is 0 Å². The molecule has 6 nitrogen and oxygen atoms in total. The molecule has 2 atom stereocenters. The van der Waals surface area contributed by atoms with Gasteiger partial charge in [0.05, 0.1) is 17.1 Å². The summed E-state index contributed by atoms with van der Waals surface area (Å²) in [5.74, 6) is 0. The van der Waals surface area contributed by atoms with E-state index in [-0.39, 0.29) is 10.6 Å². The molecule has 132 valence electrons. The Morgan fingerprint density at radius 1 is 1.17 bits per heavy atom. The summed E-state index contributed by atoms with van der Waals surface area (Å²) >= 11 is 0. The average molecular weight is 333 g/mol. The van der Waals surface area contributed by atoms with Crippen LogP contribution in [-0.2, 0) is 11.3 Å². The van der Waals surface area contributed by atoms with E-state index in [1.807, 2.05) is 12.1 Å². The molecule has 2 heterocycles. The zero-order valence-corrected chi connectivity index (χ0v) is 14.6. The number of morpholine rings is 1. The summed E-state index contributed by atoms with van der Waals surface area (Å²) in [4.78, 5) is 15.8. The molecule has 2 aliphatic heterocycles. The van der Waals surface area contributed by atoms with E-state index in [0.29, 0.717) is 24.8 Å². The molecule has 0 N–H and O–H groups in total. The smallest absolute Gasteiger partial charge is 0.273 e. The van der Waals surface area contributed by atoms with E-state index < -0.39 is 0 Å². The van der Waals surface area contributed by atoms with Crippen LogP contribution in [0.15, 0.2) is 24.3 Å². The zero-order chi connectivity index (χ0) is 17.1. The van der Waals surface area contributed by atoms with Gasteiger partial charge in [0.2, 0.25) is 0 Å². The van der Waals surface area contributed by atoms with Crippen molar-refractivity contribution in [1.29, 1.82) is 0 Å². The van der Waals surface area contributed by atoms with Crippen molar-refractivity contribution in [2.75, 3.05) is 26.2 Å². The van der Waals surface area contributed by atoms with Crippen LogP contribution < -0.4 is 0 Å². The lowest BCUT2D eigenvalue weighted by molar-refractivity contribution is -0.385. The third-order valence-electron chi connectivity index (χ3n) is 5.10. The molecule has 0 amide bonds. The molecule has 0 bridgehead atoms. The van der Waals surface area contributed by atoms with E-state index >= 15 is 0 Å². The minimum atomic E-state index is -0.279. The minimum Gasteiger partial charge on any atom is -0.373 e. The number of para-hydroxylation sites is 1. The summed E-state index contributed by atoms with van der Waals surface area (Å²) in [5, 5.41) is 11.2. The van der Waals surface area contributed by atoms with Gasteiger partial charge in [-0.2, -0.15) is 0 Å². The maximum atomic E-state index is 11.2. The Hall–Kier alpha value is -1.50. The van der Waals surface area contributed by atoms with E-state index in [9.17, 15) is 10.1 Å². The lowest BCUT2D eigenvalue weighted by atomic mass is 10.0. The minimum absolute atomic E-state index is 0.232. The second-order valence-corrected chi connectivity index (χ2v) is 7.10. The number of hydrogen-bond acceptors (Lipinski definition) is 5. The number of nitrogens with zero attached hydrogens (tertiary/aromatic N) is 3. The summed E-state index contributed by atoms with van der Waals surface area (Å²) < 4.78 is 5.83. The highest BCUT2D eigenvalue weighted by Crippen LogP contribution is 2.24. The number of nitro groups is 1. The Balaban J connectivity index is 1.55. The van der Waals surface area contributed by atoms with E-state index in [0.717, 1.165) is 44.6 Å². The fraction of sp³-hybridized carbons (Fsp3) is 0.667. The van der Waals surface area contributed by atoms with Gasteiger partial charge in [0.15, 0.2) is 0 Å². The Labute approximate surface area is 143 Å². The van der Waals surface area contributed by atoms with Crippen molar-refractivity contribution < 1.29 is 9.66 Å². The highest BCUT2D eigenvalue weighted by atomic mass is 16.6. The summed E-state index contributed by atoms with van der Waals surface area (Å²) in [6, 6.07) is 7.69. The van der Waals surface area contributed by atoms with Gasteiger partial charge in [-0.05, 0) is 39.8 Å². The normalized spacial score (nSPS) is 27.2. The van der Waals surface area contributed by atoms with Gasteiger partial charge in [0, 0.05) is 37.3 Å². The zero-order valence-electron chi connectivity index (χ0n) is 14.6. The van der Waals surface area contributed by atoms with Gasteiger partial charge in [-0.25, -0.2) is 0 Å². The van der Waals surface area contributed by atoms with Crippen molar-refractivity contribution in [2.45, 2.75) is 51.5 Å². The Kier molecular flexibility index (Phi) is 5.48. The maximum Gasteiger partial charge on any atom is 0.273 e. The molecule has 0 saturated carbocycles. The van der Waals surface area contributed by atoms with Gasteiger partial charge in [-0.1, -0.05) is 18.2 Å². The van der Waals surface area contributed by atoms with Crippen LogP contribution in [-0.4, -0.2) is 59.2 Å². The predicted molar refractivity (Wildman–Crippen MR) is 93.0 cm³/mol. The highest BCUT2D eigenvalue weighted by molar-refractivity contribution is 5.39. The van der Waals surface area contributed by atoms with Crippen LogP contribution in [0.25, 0.3) is 0 Å². The molecule has 3 rings (SSSR count). The molecule has 2 fully saturated rings. The van der Waals surface area contributed by atoms with Crippen LogP contribution in [0.1, 0.15) is 32.3 Å². The van der Waals surface area contributed by atoms with E-state index in [4.69, 9.17) is 4.74 Å². The van der Waals surface area contributed by atoms with Gasteiger partial charge in [0.25, 0.3) is 5.69 Å². The SMILES string of the molecule is C[C@@H]1CN(C2CCN(Cc3ccccc3[N+](=O)[O-])CC2)C[C@H](C)O1. The fourth-order valence-electron chi connectivity index (χ4n) is 4.02. The molecule has 0 aromatic heterocycles. The van der Waals surface area contributed by atoms with Crippen molar-refractivity contribution >= 4 is 5.69 Å². The van der Waals surface area contributed by atoms with Gasteiger partial charge < -0.3 is 4.74 Å². The van der Waals surface area contributed by atoms with Crippen molar-refractivity contribution in [2.24, 2.45) is 0 Å². The number of ether oxygens (including phenoxy) is 1. The Bertz CT molecular complexity index is 562. The highest BCUT2D eigenvalue weighted by Gasteiger charge is 2.30. The van der Waals surface area contributed by atoms with Crippen LogP contribution in [0.2, 0.25) is 0 Å². The van der Waals surface area contributed by atoms with Gasteiger partial charge in [-0.15, -0.1) is 0 Å². The summed E-state index contributed by atoms with van der Waals surface area (Å²) in [7, 11) is 0. The van der Waals surface area contributed by atoms with Crippen LogP contribution in [0.3, 0.4) is 0 Å². The van der Waals surface area contributed by atoms with E-state index in [1.54, 1.807) is 12.1 Å². The van der Waals surface area contributed by atoms with Gasteiger partial charge in [-0.3, -0.25) is 19.9 Å². The predicted octanol–water partition coefficient (Wildman–Crippen LogP) is 2.67. The number of nitro benzene ring substituents is 1. The first kappa shape index (κ1) is 17.3. The van der Waals surface area contributed by atoms with Crippen molar-refractivity contribution in [3.63, 3.8) is 0 Å². The molecule has 0 spiro atoms. The standard InChI is InChI=1S/C18H27N3O3/c1-14-11-20(12-15(2)24-14)17-7-9-19(10-8-17)13-16-5-3-4-6-18(16)21(22)23/h3-6,14-15,17H,7-13H2,1-2H3/t14-,15+. The van der Waals surface area contributed by atoms with E-state index in [1.165, 1.54) is 0 Å². The molecule has 24 heavy (non-hydrogen) atoms. The Morgan fingerprint density at radius 3 is 2.42 bits per heavy atom. The number of likely N-dealkylation sites (tertiary alicyclic amines) is 1. The molecular formula is C18H27N3O3. The molecule has 6 heteroatoms. The third-order valence-corrected chi connectivity index (χ3v) is 5.10. The second kappa shape index (κ2) is 7.59. The summed E-state index contributed by atoms with van der Waals surface area (Å²) in [5.41, 5.74) is 1.05. The quantitative estimate of drug-likeness (QED) is 0.626. The first-order valence-corrected chi connectivity index (χ1v) is 8.87. The average Bonchev–Trinajstić information content (AvgIpc) is 2.55. The molecule has 1 aromatic rings. The third kappa shape index (κ3) is 4.12. The first-order chi connectivity index (χ1) is 11.5.